The van der Waals surface area contributed by atoms with Crippen molar-refractivity contribution in [3.05, 3.63) is 71.8 Å². The highest BCUT2D eigenvalue weighted by molar-refractivity contribution is 5.86. The zero-order chi connectivity index (χ0) is 17.8. The highest BCUT2D eigenvalue weighted by Gasteiger charge is 2.23. The van der Waals surface area contributed by atoms with Crippen LogP contribution in [0.2, 0.25) is 0 Å². The van der Waals surface area contributed by atoms with Crippen LogP contribution in [0.25, 0.3) is 0 Å². The molecule has 0 aliphatic carbocycles. The third kappa shape index (κ3) is 6.57. The maximum atomic E-state index is 12.4. The van der Waals surface area contributed by atoms with E-state index in [0.29, 0.717) is 0 Å². The summed E-state index contributed by atoms with van der Waals surface area (Å²) >= 11 is 0. The van der Waals surface area contributed by atoms with Gasteiger partial charge in [0.2, 0.25) is 5.91 Å². The van der Waals surface area contributed by atoms with Crippen molar-refractivity contribution in [2.75, 3.05) is 14.1 Å². The van der Waals surface area contributed by atoms with Gasteiger partial charge in [-0.05, 0) is 11.1 Å². The second-order valence-electron chi connectivity index (χ2n) is 6.19. The number of hydrogen-bond donors (Lipinski definition) is 0. The van der Waals surface area contributed by atoms with Gasteiger partial charge in [0.1, 0.15) is 0 Å². The maximum Gasteiger partial charge on any atom is 0.234 e. The molecule has 2 aromatic rings. The summed E-state index contributed by atoms with van der Waals surface area (Å²) in [4.78, 5) is 14.0. The van der Waals surface area contributed by atoms with Gasteiger partial charge in [0.25, 0.3) is 0 Å². The summed E-state index contributed by atoms with van der Waals surface area (Å²) < 4.78 is 0. The van der Waals surface area contributed by atoms with Crippen molar-refractivity contribution in [1.29, 1.82) is 0 Å². The molecule has 2 heteroatoms. The minimum Gasteiger partial charge on any atom is -0.348 e. The van der Waals surface area contributed by atoms with Crippen LogP contribution >= 0.6 is 0 Å². The van der Waals surface area contributed by atoms with Crippen molar-refractivity contribution in [3.8, 4) is 0 Å². The summed E-state index contributed by atoms with van der Waals surface area (Å²) in [5.74, 6) is -0.116. The van der Waals surface area contributed by atoms with E-state index in [1.165, 1.54) is 25.7 Å². The van der Waals surface area contributed by atoms with Crippen molar-refractivity contribution in [2.45, 2.75) is 45.4 Å². The van der Waals surface area contributed by atoms with E-state index in [0.717, 1.165) is 11.1 Å². The first kappa shape index (κ1) is 20.0. The molecule has 130 valence electrons. The monoisotopic (exact) mass is 325 g/mol. The van der Waals surface area contributed by atoms with Crippen LogP contribution in [-0.2, 0) is 4.79 Å². The van der Waals surface area contributed by atoms with E-state index in [1.807, 2.05) is 60.7 Å². The van der Waals surface area contributed by atoms with Gasteiger partial charge in [-0.3, -0.25) is 4.79 Å². The predicted octanol–water partition coefficient (Wildman–Crippen LogP) is 5.49. The van der Waals surface area contributed by atoms with Crippen LogP contribution in [0.4, 0.5) is 0 Å². The van der Waals surface area contributed by atoms with E-state index >= 15 is 0 Å². The molecule has 0 aliphatic rings. The molecule has 0 saturated carbocycles. The van der Waals surface area contributed by atoms with Crippen LogP contribution in [0.15, 0.2) is 60.7 Å². The Bertz CT molecular complexity index is 520. The standard InChI is InChI=1S/C16H17NO.C6H14/c1-17(2)16(18)15(13-9-5-3-6-10-13)14-11-7-4-8-12-14;1-3-5-6-4-2/h3-12,15H,1-2H3;3-6H2,1-2H3. The second-order valence-corrected chi connectivity index (χ2v) is 6.19. The van der Waals surface area contributed by atoms with Crippen LogP contribution in [0, 0.1) is 0 Å². The topological polar surface area (TPSA) is 20.3 Å². The van der Waals surface area contributed by atoms with Crippen molar-refractivity contribution < 1.29 is 4.79 Å². The van der Waals surface area contributed by atoms with E-state index in [2.05, 4.69) is 13.8 Å². The Kier molecular flexibility index (Phi) is 9.52. The molecule has 0 atom stereocenters. The Balaban J connectivity index is 0.000000413. The van der Waals surface area contributed by atoms with Gasteiger partial charge in [0.15, 0.2) is 0 Å². The van der Waals surface area contributed by atoms with Gasteiger partial charge in [-0.15, -0.1) is 0 Å². The predicted molar refractivity (Wildman–Crippen MR) is 103 cm³/mol. The fourth-order valence-electron chi connectivity index (χ4n) is 2.53. The molecule has 0 heterocycles. The highest BCUT2D eigenvalue weighted by Crippen LogP contribution is 2.25. The molecule has 0 spiro atoms. The fraction of sp³-hybridized carbons (Fsp3) is 0.409. The summed E-state index contributed by atoms with van der Waals surface area (Å²) in [6, 6.07) is 19.8. The lowest BCUT2D eigenvalue weighted by Gasteiger charge is -2.21. The molecule has 0 radical (unpaired) electrons. The third-order valence-electron chi connectivity index (χ3n) is 3.91. The first-order valence-electron chi connectivity index (χ1n) is 8.92. The molecule has 0 saturated heterocycles. The number of carbonyl (C=O) groups excluding carboxylic acids is 1. The smallest absolute Gasteiger partial charge is 0.234 e. The van der Waals surface area contributed by atoms with Gasteiger partial charge in [-0.25, -0.2) is 0 Å². The molecule has 1 amide bonds. The zero-order valence-electron chi connectivity index (χ0n) is 15.5. The number of nitrogens with zero attached hydrogens (tertiary/aromatic N) is 1. The van der Waals surface area contributed by atoms with Gasteiger partial charge in [-0.1, -0.05) is 100 Å². The fourth-order valence-corrected chi connectivity index (χ4v) is 2.53. The van der Waals surface area contributed by atoms with Crippen molar-refractivity contribution >= 4 is 5.91 Å². The van der Waals surface area contributed by atoms with Gasteiger partial charge in [0.05, 0.1) is 5.92 Å². The number of hydrogen-bond acceptors (Lipinski definition) is 1. The van der Waals surface area contributed by atoms with Crippen molar-refractivity contribution in [2.24, 2.45) is 0 Å². The lowest BCUT2D eigenvalue weighted by Crippen LogP contribution is -2.28. The van der Waals surface area contributed by atoms with E-state index in [1.54, 1.807) is 19.0 Å². The molecule has 0 bridgehead atoms. The van der Waals surface area contributed by atoms with Crippen LogP contribution in [0.3, 0.4) is 0 Å². The number of carbonyl (C=O) groups is 1. The Morgan fingerprint density at radius 1 is 0.792 bits per heavy atom. The minimum atomic E-state index is -0.220. The molecule has 0 aliphatic heterocycles. The van der Waals surface area contributed by atoms with Crippen molar-refractivity contribution in [1.82, 2.24) is 4.90 Å². The lowest BCUT2D eigenvalue weighted by molar-refractivity contribution is -0.129. The number of likely N-dealkylation sites (N-methyl/N-ethyl adjacent to an activating group) is 1. The first-order valence-corrected chi connectivity index (χ1v) is 8.92. The zero-order valence-corrected chi connectivity index (χ0v) is 15.5. The summed E-state index contributed by atoms with van der Waals surface area (Å²) in [6.07, 6.45) is 5.54. The maximum absolute atomic E-state index is 12.4. The van der Waals surface area contributed by atoms with Crippen LogP contribution in [0.1, 0.15) is 56.6 Å². The second kappa shape index (κ2) is 11.4. The molecule has 2 rings (SSSR count). The Labute approximate surface area is 147 Å². The van der Waals surface area contributed by atoms with Gasteiger partial charge in [-0.2, -0.15) is 0 Å². The Hall–Kier alpha value is -2.09. The number of benzene rings is 2. The SMILES string of the molecule is CCCCCC.CN(C)C(=O)C(c1ccccc1)c1ccccc1. The number of unbranched alkanes of at least 4 members (excludes halogenated alkanes) is 3. The highest BCUT2D eigenvalue weighted by atomic mass is 16.2. The van der Waals surface area contributed by atoms with Crippen LogP contribution in [0.5, 0.6) is 0 Å². The number of rotatable bonds is 6. The average Bonchev–Trinajstić information content (AvgIpc) is 2.62. The van der Waals surface area contributed by atoms with Crippen LogP contribution < -0.4 is 0 Å². The van der Waals surface area contributed by atoms with Crippen molar-refractivity contribution in [3.63, 3.8) is 0 Å². The molecular weight excluding hydrogens is 294 g/mol. The quantitative estimate of drug-likeness (QED) is 0.643. The van der Waals surface area contributed by atoms with E-state index in [4.69, 9.17) is 0 Å². The molecule has 0 unspecified atom stereocenters. The third-order valence-corrected chi connectivity index (χ3v) is 3.91. The summed E-state index contributed by atoms with van der Waals surface area (Å²) in [5.41, 5.74) is 2.06. The first-order chi connectivity index (χ1) is 11.6. The molecule has 0 N–H and O–H groups in total. The summed E-state index contributed by atoms with van der Waals surface area (Å²) in [6.45, 7) is 4.46. The van der Waals surface area contributed by atoms with E-state index in [9.17, 15) is 4.79 Å². The molecule has 0 fully saturated rings. The van der Waals surface area contributed by atoms with Gasteiger partial charge in [0, 0.05) is 14.1 Å². The average molecular weight is 325 g/mol. The lowest BCUT2D eigenvalue weighted by atomic mass is 9.90. The molecule has 2 nitrogen and oxygen atoms in total. The van der Waals surface area contributed by atoms with Crippen LogP contribution in [-0.4, -0.2) is 24.9 Å². The van der Waals surface area contributed by atoms with E-state index < -0.39 is 0 Å². The van der Waals surface area contributed by atoms with E-state index in [-0.39, 0.29) is 11.8 Å². The largest absolute Gasteiger partial charge is 0.348 e. The summed E-state index contributed by atoms with van der Waals surface area (Å²) in [5, 5.41) is 0. The van der Waals surface area contributed by atoms with Gasteiger partial charge >= 0.3 is 0 Å². The molecule has 0 aromatic heterocycles. The molecule has 2 aromatic carbocycles. The molecular formula is C22H31NO. The number of amides is 1. The minimum absolute atomic E-state index is 0.104. The summed E-state index contributed by atoms with van der Waals surface area (Å²) in [7, 11) is 3.59. The Morgan fingerprint density at radius 3 is 1.46 bits per heavy atom. The normalized spacial score (nSPS) is 10.0. The Morgan fingerprint density at radius 2 is 1.17 bits per heavy atom. The van der Waals surface area contributed by atoms with Gasteiger partial charge < -0.3 is 4.90 Å². The molecule has 24 heavy (non-hydrogen) atoms.